The van der Waals surface area contributed by atoms with Gasteiger partial charge in [-0.2, -0.15) is 0 Å². The molecule has 2 rings (SSSR count). The van der Waals surface area contributed by atoms with Crippen LogP contribution < -0.4 is 5.32 Å². The predicted octanol–water partition coefficient (Wildman–Crippen LogP) is 3.01. The fourth-order valence-electron chi connectivity index (χ4n) is 1.78. The highest BCUT2D eigenvalue weighted by atomic mass is 19.1. The highest BCUT2D eigenvalue weighted by Gasteiger charge is 2.18. The number of amides is 2. The van der Waals surface area contributed by atoms with Gasteiger partial charge in [-0.3, -0.25) is 0 Å². The second-order valence-corrected chi connectivity index (χ2v) is 4.15. The lowest BCUT2D eigenvalue weighted by atomic mass is 10.1. The third-order valence-corrected chi connectivity index (χ3v) is 2.87. The van der Waals surface area contributed by atoms with Crippen molar-refractivity contribution in [2.75, 3.05) is 18.4 Å². The van der Waals surface area contributed by atoms with Crippen LogP contribution in [-0.4, -0.2) is 24.0 Å². The van der Waals surface area contributed by atoms with Gasteiger partial charge in [-0.1, -0.05) is 24.3 Å². The molecule has 1 N–H and O–H groups in total. The zero-order valence-corrected chi connectivity index (χ0v) is 9.58. The van der Waals surface area contributed by atoms with Crippen molar-refractivity contribution in [2.45, 2.75) is 12.8 Å². The molecule has 1 aliphatic rings. The number of anilines is 1. The summed E-state index contributed by atoms with van der Waals surface area (Å²) in [6.45, 7) is 5.19. The topological polar surface area (TPSA) is 32.3 Å². The van der Waals surface area contributed by atoms with Crippen LogP contribution in [0.1, 0.15) is 12.8 Å². The number of hydrogen-bond donors (Lipinski definition) is 1. The summed E-state index contributed by atoms with van der Waals surface area (Å²) in [4.78, 5) is 13.5. The summed E-state index contributed by atoms with van der Waals surface area (Å²) in [5.74, 6) is -0.415. The number of nitrogens with zero attached hydrogens (tertiary/aromatic N) is 1. The zero-order chi connectivity index (χ0) is 12.3. The van der Waals surface area contributed by atoms with Gasteiger partial charge < -0.3 is 10.2 Å². The lowest BCUT2D eigenvalue weighted by Crippen LogP contribution is -2.39. The third-order valence-electron chi connectivity index (χ3n) is 2.87. The van der Waals surface area contributed by atoms with Gasteiger partial charge in [0.2, 0.25) is 0 Å². The highest BCUT2D eigenvalue weighted by Crippen LogP contribution is 2.17. The van der Waals surface area contributed by atoms with Crippen LogP contribution in [0.3, 0.4) is 0 Å². The number of halogens is 1. The Morgan fingerprint density at radius 3 is 2.59 bits per heavy atom. The summed E-state index contributed by atoms with van der Waals surface area (Å²) in [5.41, 5.74) is 1.39. The van der Waals surface area contributed by atoms with Crippen molar-refractivity contribution in [1.82, 2.24) is 4.90 Å². The van der Waals surface area contributed by atoms with Gasteiger partial charge in [-0.05, 0) is 25.0 Å². The second-order valence-electron chi connectivity index (χ2n) is 4.15. The van der Waals surface area contributed by atoms with Crippen molar-refractivity contribution in [1.29, 1.82) is 0 Å². The molecule has 0 unspecified atom stereocenters. The Kier molecular flexibility index (Phi) is 3.42. The minimum atomic E-state index is -0.415. The maximum Gasteiger partial charge on any atom is 0.321 e. The van der Waals surface area contributed by atoms with E-state index in [0.717, 1.165) is 12.8 Å². The van der Waals surface area contributed by atoms with E-state index in [4.69, 9.17) is 0 Å². The van der Waals surface area contributed by atoms with Gasteiger partial charge in [0, 0.05) is 13.1 Å². The smallest absolute Gasteiger partial charge is 0.321 e. The van der Waals surface area contributed by atoms with E-state index in [1.165, 1.54) is 11.6 Å². The number of nitrogens with one attached hydrogen (secondary N) is 1. The van der Waals surface area contributed by atoms with Crippen molar-refractivity contribution >= 4 is 11.7 Å². The van der Waals surface area contributed by atoms with Gasteiger partial charge in [-0.15, -0.1) is 0 Å². The molecule has 0 atom stereocenters. The van der Waals surface area contributed by atoms with E-state index in [1.807, 2.05) is 0 Å². The molecule has 0 bridgehead atoms. The minimum absolute atomic E-state index is 0.224. The van der Waals surface area contributed by atoms with Crippen molar-refractivity contribution < 1.29 is 9.18 Å². The quantitative estimate of drug-likeness (QED) is 0.744. The Morgan fingerprint density at radius 2 is 1.94 bits per heavy atom. The molecule has 90 valence electrons. The third kappa shape index (κ3) is 2.84. The average Bonchev–Trinajstić information content (AvgIpc) is 2.33. The first kappa shape index (κ1) is 11.6. The molecule has 1 saturated heterocycles. The average molecular weight is 234 g/mol. The summed E-state index contributed by atoms with van der Waals surface area (Å²) >= 11 is 0. The normalized spacial score (nSPS) is 15.8. The van der Waals surface area contributed by atoms with Crippen LogP contribution >= 0.6 is 0 Å². The predicted molar refractivity (Wildman–Crippen MR) is 65.4 cm³/mol. The van der Waals surface area contributed by atoms with E-state index in [1.54, 1.807) is 23.1 Å². The van der Waals surface area contributed by atoms with Gasteiger partial charge >= 0.3 is 6.03 Å². The number of piperidine rings is 1. The Bertz CT molecular complexity index is 435. The number of rotatable bonds is 1. The van der Waals surface area contributed by atoms with Crippen LogP contribution in [0.25, 0.3) is 0 Å². The summed E-state index contributed by atoms with van der Waals surface area (Å²) in [6, 6.07) is 5.92. The summed E-state index contributed by atoms with van der Waals surface area (Å²) in [6.07, 6.45) is 1.65. The van der Waals surface area contributed by atoms with Crippen molar-refractivity contribution in [3.8, 4) is 0 Å². The number of benzene rings is 1. The van der Waals surface area contributed by atoms with Crippen LogP contribution in [0.4, 0.5) is 14.9 Å². The molecule has 0 spiro atoms. The number of para-hydroxylation sites is 1. The molecule has 1 aromatic rings. The van der Waals surface area contributed by atoms with E-state index in [0.29, 0.717) is 13.1 Å². The number of likely N-dealkylation sites (tertiary alicyclic amines) is 1. The van der Waals surface area contributed by atoms with Crippen molar-refractivity contribution in [3.05, 3.63) is 42.2 Å². The lowest BCUT2D eigenvalue weighted by Gasteiger charge is -2.28. The Labute approximate surface area is 99.9 Å². The first-order chi connectivity index (χ1) is 8.16. The van der Waals surface area contributed by atoms with Crippen LogP contribution in [0.5, 0.6) is 0 Å². The minimum Gasteiger partial charge on any atom is -0.324 e. The van der Waals surface area contributed by atoms with Crippen molar-refractivity contribution in [3.63, 3.8) is 0 Å². The molecule has 0 aliphatic carbocycles. The van der Waals surface area contributed by atoms with E-state index >= 15 is 0 Å². The molecule has 2 amide bonds. The Morgan fingerprint density at radius 1 is 1.29 bits per heavy atom. The molecular weight excluding hydrogens is 219 g/mol. The second kappa shape index (κ2) is 4.99. The molecule has 0 saturated carbocycles. The van der Waals surface area contributed by atoms with Crippen LogP contribution in [0.2, 0.25) is 0 Å². The van der Waals surface area contributed by atoms with E-state index in [9.17, 15) is 9.18 Å². The molecule has 4 heteroatoms. The highest BCUT2D eigenvalue weighted by molar-refractivity contribution is 5.89. The number of hydrogen-bond acceptors (Lipinski definition) is 1. The summed E-state index contributed by atoms with van der Waals surface area (Å²) in [5, 5.41) is 2.58. The lowest BCUT2D eigenvalue weighted by molar-refractivity contribution is 0.207. The zero-order valence-electron chi connectivity index (χ0n) is 9.58. The molecule has 17 heavy (non-hydrogen) atoms. The fourth-order valence-corrected chi connectivity index (χ4v) is 1.78. The van der Waals surface area contributed by atoms with Gasteiger partial charge in [0.05, 0.1) is 5.69 Å². The summed E-state index contributed by atoms with van der Waals surface area (Å²) in [7, 11) is 0. The SMILES string of the molecule is C=C1CCN(C(=O)Nc2ccccc2F)CC1. The first-order valence-electron chi connectivity index (χ1n) is 5.64. The van der Waals surface area contributed by atoms with Crippen molar-refractivity contribution in [2.24, 2.45) is 0 Å². The maximum atomic E-state index is 13.3. The standard InChI is InChI=1S/C13H15FN2O/c1-10-6-8-16(9-7-10)13(17)15-12-5-3-2-4-11(12)14/h2-5H,1,6-9H2,(H,15,17). The largest absolute Gasteiger partial charge is 0.324 e. The number of carbonyl (C=O) groups excluding carboxylic acids is 1. The molecule has 1 aromatic carbocycles. The molecule has 1 fully saturated rings. The van der Waals surface area contributed by atoms with Crippen LogP contribution in [0, 0.1) is 5.82 Å². The molecule has 1 aliphatic heterocycles. The van der Waals surface area contributed by atoms with E-state index < -0.39 is 5.82 Å². The van der Waals surface area contributed by atoms with E-state index in [2.05, 4.69) is 11.9 Å². The summed E-state index contributed by atoms with van der Waals surface area (Å²) < 4.78 is 13.3. The van der Waals surface area contributed by atoms with Gasteiger partial charge in [-0.25, -0.2) is 9.18 Å². The van der Waals surface area contributed by atoms with Gasteiger partial charge in [0.1, 0.15) is 5.82 Å². The van der Waals surface area contributed by atoms with Crippen LogP contribution in [-0.2, 0) is 0 Å². The Balaban J connectivity index is 1.98. The monoisotopic (exact) mass is 234 g/mol. The molecular formula is C13H15FN2O. The van der Waals surface area contributed by atoms with Gasteiger partial charge in [0.25, 0.3) is 0 Å². The number of urea groups is 1. The molecule has 0 aromatic heterocycles. The maximum absolute atomic E-state index is 13.3. The van der Waals surface area contributed by atoms with Gasteiger partial charge in [0.15, 0.2) is 0 Å². The molecule has 0 radical (unpaired) electrons. The van der Waals surface area contributed by atoms with E-state index in [-0.39, 0.29) is 11.7 Å². The molecule has 1 heterocycles. The Hall–Kier alpha value is -1.84. The fraction of sp³-hybridized carbons (Fsp3) is 0.308. The molecule has 3 nitrogen and oxygen atoms in total. The van der Waals surface area contributed by atoms with Crippen LogP contribution in [0.15, 0.2) is 36.4 Å². The first-order valence-corrected chi connectivity index (χ1v) is 5.64. The number of carbonyl (C=O) groups is 1.